The zero-order chi connectivity index (χ0) is 13.9. The average Bonchev–Trinajstić information content (AvgIpc) is 2.82. The molecule has 1 aliphatic rings. The Morgan fingerprint density at radius 3 is 2.63 bits per heavy atom. The summed E-state index contributed by atoms with van der Waals surface area (Å²) in [5.74, 6) is 0.254. The number of carbonyl (C=O) groups is 1. The van der Waals surface area contributed by atoms with Crippen molar-refractivity contribution in [1.82, 2.24) is 4.90 Å². The van der Waals surface area contributed by atoms with Gasteiger partial charge in [-0.2, -0.15) is 0 Å². The lowest BCUT2D eigenvalue weighted by Crippen LogP contribution is -2.55. The van der Waals surface area contributed by atoms with E-state index in [1.54, 1.807) is 0 Å². The third-order valence-corrected chi connectivity index (χ3v) is 4.49. The van der Waals surface area contributed by atoms with Gasteiger partial charge in [-0.1, -0.05) is 43.7 Å². The summed E-state index contributed by atoms with van der Waals surface area (Å²) in [7, 11) is 3.53. The highest BCUT2D eigenvalue weighted by atomic mass is 16.5. The summed E-state index contributed by atoms with van der Waals surface area (Å²) in [5, 5.41) is 0. The molecule has 1 aliphatic carbocycles. The third kappa shape index (κ3) is 2.52. The van der Waals surface area contributed by atoms with Crippen molar-refractivity contribution >= 4 is 5.97 Å². The summed E-state index contributed by atoms with van der Waals surface area (Å²) in [6.07, 6.45) is 3.08. The normalized spacial score (nSPS) is 26.6. The number of hydrogen-bond donors (Lipinski definition) is 0. The molecule has 0 aliphatic heterocycles. The molecule has 3 heteroatoms. The fraction of sp³-hybridized carbons (Fsp3) is 0.562. The van der Waals surface area contributed by atoms with Crippen molar-refractivity contribution in [2.24, 2.45) is 5.92 Å². The summed E-state index contributed by atoms with van der Waals surface area (Å²) in [6.45, 7) is 2.94. The van der Waals surface area contributed by atoms with E-state index in [1.807, 2.05) is 25.2 Å². The highest BCUT2D eigenvalue weighted by molar-refractivity contribution is 5.81. The summed E-state index contributed by atoms with van der Waals surface area (Å²) in [5.41, 5.74) is 0.775. The minimum atomic E-state index is -0.454. The Kier molecular flexibility index (Phi) is 4.25. The first-order valence-electron chi connectivity index (χ1n) is 6.95. The predicted molar refractivity (Wildman–Crippen MR) is 75.7 cm³/mol. The van der Waals surface area contributed by atoms with E-state index in [9.17, 15) is 4.79 Å². The van der Waals surface area contributed by atoms with Gasteiger partial charge in [0.15, 0.2) is 0 Å². The second-order valence-corrected chi connectivity index (χ2v) is 5.55. The van der Waals surface area contributed by atoms with E-state index in [4.69, 9.17) is 4.74 Å². The molecule has 1 aromatic carbocycles. The van der Waals surface area contributed by atoms with Crippen LogP contribution < -0.4 is 0 Å². The number of esters is 1. The van der Waals surface area contributed by atoms with Gasteiger partial charge in [0, 0.05) is 6.54 Å². The van der Waals surface area contributed by atoms with Crippen molar-refractivity contribution < 1.29 is 9.53 Å². The summed E-state index contributed by atoms with van der Waals surface area (Å²) >= 11 is 0. The Hall–Kier alpha value is -1.35. The second-order valence-electron chi connectivity index (χ2n) is 5.55. The van der Waals surface area contributed by atoms with Gasteiger partial charge in [-0.25, -0.2) is 0 Å². The summed E-state index contributed by atoms with van der Waals surface area (Å²) in [6, 6.07) is 10.3. The molecule has 0 heterocycles. The Bertz CT molecular complexity index is 432. The standard InChI is InChI=1S/C16H23NO2/c1-13-8-7-11-16(13,15(18)19-3)17(2)12-14-9-5-4-6-10-14/h4-6,9-10,13H,7-8,11-12H2,1-3H3. The topological polar surface area (TPSA) is 29.5 Å². The Labute approximate surface area is 115 Å². The fourth-order valence-corrected chi connectivity index (χ4v) is 3.36. The van der Waals surface area contributed by atoms with E-state index in [0.717, 1.165) is 25.8 Å². The Morgan fingerprint density at radius 2 is 2.11 bits per heavy atom. The number of likely N-dealkylation sites (N-methyl/N-ethyl adjacent to an activating group) is 1. The van der Waals surface area contributed by atoms with Crippen LogP contribution in [0.25, 0.3) is 0 Å². The van der Waals surface area contributed by atoms with Gasteiger partial charge in [0.25, 0.3) is 0 Å². The highest BCUT2D eigenvalue weighted by Gasteiger charge is 2.50. The zero-order valence-corrected chi connectivity index (χ0v) is 12.1. The fourth-order valence-electron chi connectivity index (χ4n) is 3.36. The quantitative estimate of drug-likeness (QED) is 0.781. The molecule has 0 saturated heterocycles. The molecule has 1 saturated carbocycles. The van der Waals surface area contributed by atoms with E-state index in [2.05, 4.69) is 24.0 Å². The number of benzene rings is 1. The van der Waals surface area contributed by atoms with Gasteiger partial charge in [-0.05, 0) is 31.4 Å². The van der Waals surface area contributed by atoms with Gasteiger partial charge in [0.1, 0.15) is 5.54 Å². The maximum atomic E-state index is 12.3. The van der Waals surface area contributed by atoms with Crippen molar-refractivity contribution in [2.75, 3.05) is 14.2 Å². The van der Waals surface area contributed by atoms with E-state index < -0.39 is 5.54 Å². The molecule has 19 heavy (non-hydrogen) atoms. The smallest absolute Gasteiger partial charge is 0.326 e. The largest absolute Gasteiger partial charge is 0.468 e. The van der Waals surface area contributed by atoms with Gasteiger partial charge in [-0.3, -0.25) is 9.69 Å². The maximum absolute atomic E-state index is 12.3. The second kappa shape index (κ2) is 5.74. The van der Waals surface area contributed by atoms with Gasteiger partial charge < -0.3 is 4.74 Å². The zero-order valence-electron chi connectivity index (χ0n) is 12.1. The third-order valence-electron chi connectivity index (χ3n) is 4.49. The van der Waals surface area contributed by atoms with Crippen LogP contribution in [0.4, 0.5) is 0 Å². The first kappa shape index (κ1) is 14.1. The lowest BCUT2D eigenvalue weighted by molar-refractivity contribution is -0.157. The van der Waals surface area contributed by atoms with Gasteiger partial charge in [-0.15, -0.1) is 0 Å². The first-order chi connectivity index (χ1) is 9.11. The van der Waals surface area contributed by atoms with E-state index >= 15 is 0 Å². The SMILES string of the molecule is COC(=O)C1(N(C)Cc2ccccc2)CCCC1C. The van der Waals surface area contributed by atoms with Crippen LogP contribution in [0.3, 0.4) is 0 Å². The minimum Gasteiger partial charge on any atom is -0.468 e. The molecule has 1 aromatic rings. The average molecular weight is 261 g/mol. The van der Waals surface area contributed by atoms with Gasteiger partial charge in [0.2, 0.25) is 0 Å². The number of ether oxygens (including phenoxy) is 1. The number of hydrogen-bond acceptors (Lipinski definition) is 3. The van der Waals surface area contributed by atoms with Crippen LogP contribution in [0.1, 0.15) is 31.7 Å². The Morgan fingerprint density at radius 1 is 1.42 bits per heavy atom. The number of methoxy groups -OCH3 is 1. The van der Waals surface area contributed by atoms with Gasteiger partial charge in [0.05, 0.1) is 7.11 Å². The molecule has 3 nitrogen and oxygen atoms in total. The molecule has 1 fully saturated rings. The van der Waals surface area contributed by atoms with E-state index in [-0.39, 0.29) is 5.97 Å². The summed E-state index contributed by atoms with van der Waals surface area (Å²) < 4.78 is 5.09. The molecular weight excluding hydrogens is 238 g/mol. The van der Waals surface area contributed by atoms with Crippen LogP contribution in [-0.4, -0.2) is 30.6 Å². The molecule has 0 amide bonds. The van der Waals surface area contributed by atoms with Crippen LogP contribution in [0.2, 0.25) is 0 Å². The number of rotatable bonds is 4. The highest BCUT2D eigenvalue weighted by Crippen LogP contribution is 2.41. The van der Waals surface area contributed by atoms with Crippen molar-refractivity contribution in [2.45, 2.75) is 38.3 Å². The summed E-state index contributed by atoms with van der Waals surface area (Å²) in [4.78, 5) is 14.5. The maximum Gasteiger partial charge on any atom is 0.326 e. The van der Waals surface area contributed by atoms with Crippen molar-refractivity contribution in [3.8, 4) is 0 Å². The van der Waals surface area contributed by atoms with Crippen LogP contribution in [0, 0.1) is 5.92 Å². The van der Waals surface area contributed by atoms with Gasteiger partial charge >= 0.3 is 5.97 Å². The van der Waals surface area contributed by atoms with E-state index in [0.29, 0.717) is 5.92 Å². The Balaban J connectivity index is 2.22. The van der Waals surface area contributed by atoms with Crippen LogP contribution in [0.15, 0.2) is 30.3 Å². The van der Waals surface area contributed by atoms with Crippen molar-refractivity contribution in [1.29, 1.82) is 0 Å². The molecule has 0 N–H and O–H groups in total. The van der Waals surface area contributed by atoms with Crippen LogP contribution in [-0.2, 0) is 16.1 Å². The minimum absolute atomic E-state index is 0.0871. The molecule has 0 spiro atoms. The van der Waals surface area contributed by atoms with Crippen LogP contribution in [0.5, 0.6) is 0 Å². The molecule has 0 radical (unpaired) electrons. The molecule has 0 aromatic heterocycles. The van der Waals surface area contributed by atoms with Crippen molar-refractivity contribution in [3.05, 3.63) is 35.9 Å². The molecular formula is C16H23NO2. The molecule has 2 rings (SSSR count). The molecule has 104 valence electrons. The number of carbonyl (C=O) groups excluding carboxylic acids is 1. The lowest BCUT2D eigenvalue weighted by atomic mass is 9.86. The number of nitrogens with zero attached hydrogens (tertiary/aromatic N) is 1. The monoisotopic (exact) mass is 261 g/mol. The molecule has 0 bridgehead atoms. The van der Waals surface area contributed by atoms with Crippen LogP contribution >= 0.6 is 0 Å². The molecule has 2 unspecified atom stereocenters. The van der Waals surface area contributed by atoms with E-state index in [1.165, 1.54) is 12.7 Å². The van der Waals surface area contributed by atoms with Crippen molar-refractivity contribution in [3.63, 3.8) is 0 Å². The molecule has 2 atom stereocenters. The first-order valence-corrected chi connectivity index (χ1v) is 6.95. The lowest BCUT2D eigenvalue weighted by Gasteiger charge is -2.39. The predicted octanol–water partition coefficient (Wildman–Crippen LogP) is 2.85.